The molecule has 2 heterocycles. The molecule has 3 rings (SSSR count). The van der Waals surface area contributed by atoms with Crippen LogP contribution in [-0.2, 0) is 15.7 Å². The number of carbonyl (C=O) groups is 3. The maximum absolute atomic E-state index is 13.3. The zero-order valence-electron chi connectivity index (χ0n) is 23.6. The van der Waals surface area contributed by atoms with Gasteiger partial charge in [-0.15, -0.1) is 6.58 Å². The summed E-state index contributed by atoms with van der Waals surface area (Å²) >= 11 is 0. The highest BCUT2D eigenvalue weighted by Crippen LogP contribution is 2.35. The Kier molecular flexibility index (Phi) is 9.55. The molecule has 0 spiro atoms. The lowest BCUT2D eigenvalue weighted by molar-refractivity contribution is -0.139. The molecule has 0 unspecified atom stereocenters. The van der Waals surface area contributed by atoms with Crippen LogP contribution in [0.4, 0.5) is 22.8 Å². The second-order valence-corrected chi connectivity index (χ2v) is 10.9. The van der Waals surface area contributed by atoms with Gasteiger partial charge < -0.3 is 20.3 Å². The van der Waals surface area contributed by atoms with Gasteiger partial charge in [-0.25, -0.2) is 14.4 Å². The van der Waals surface area contributed by atoms with E-state index in [-0.39, 0.29) is 42.9 Å². The number of amides is 4. The summed E-state index contributed by atoms with van der Waals surface area (Å²) in [6.45, 7) is 14.8. The molecule has 2 atom stereocenters. The van der Waals surface area contributed by atoms with Crippen LogP contribution in [0.1, 0.15) is 51.8 Å². The van der Waals surface area contributed by atoms with E-state index in [0.717, 1.165) is 12.1 Å². The second kappa shape index (κ2) is 12.3. The minimum absolute atomic E-state index is 0.0728. The van der Waals surface area contributed by atoms with Gasteiger partial charge in [0, 0.05) is 50.0 Å². The van der Waals surface area contributed by atoms with Crippen molar-refractivity contribution in [2.24, 2.45) is 0 Å². The summed E-state index contributed by atoms with van der Waals surface area (Å²) in [6, 6.07) is 2.50. The largest absolute Gasteiger partial charge is 0.463 e. The summed E-state index contributed by atoms with van der Waals surface area (Å²) in [5.74, 6) is -0.673. The summed E-state index contributed by atoms with van der Waals surface area (Å²) in [4.78, 5) is 44.5. The number of hydrogen-bond donors (Lipinski definition) is 2. The van der Waals surface area contributed by atoms with Gasteiger partial charge >= 0.3 is 24.2 Å². The van der Waals surface area contributed by atoms with Crippen LogP contribution in [0, 0.1) is 0 Å². The molecule has 9 nitrogen and oxygen atoms in total. The van der Waals surface area contributed by atoms with Gasteiger partial charge in [0.25, 0.3) is 0 Å². The van der Waals surface area contributed by atoms with Crippen LogP contribution in [0.3, 0.4) is 0 Å². The Labute approximate surface area is 233 Å². The summed E-state index contributed by atoms with van der Waals surface area (Å²) in [5, 5.41) is 5.73. The van der Waals surface area contributed by atoms with Crippen molar-refractivity contribution >= 4 is 18.0 Å². The first-order valence-electron chi connectivity index (χ1n) is 13.2. The molecule has 1 aromatic rings. The highest BCUT2D eigenvalue weighted by atomic mass is 19.4. The smallest absolute Gasteiger partial charge is 0.416 e. The molecule has 0 aliphatic carbocycles. The number of benzene rings is 1. The molecule has 4 amide bonds. The number of esters is 1. The number of carbonyl (C=O) groups excluding carboxylic acids is 3. The zero-order chi connectivity index (χ0) is 29.8. The van der Waals surface area contributed by atoms with E-state index in [1.54, 1.807) is 11.8 Å². The predicted molar refractivity (Wildman–Crippen MR) is 144 cm³/mol. The lowest BCUT2D eigenvalue weighted by Gasteiger charge is -2.43. The van der Waals surface area contributed by atoms with Crippen molar-refractivity contribution in [1.29, 1.82) is 0 Å². The number of nitrogens with one attached hydrogen (secondary N) is 2. The summed E-state index contributed by atoms with van der Waals surface area (Å²) in [6.07, 6.45) is -3.00. The Bertz CT molecular complexity index is 1140. The predicted octanol–water partition coefficient (Wildman–Crippen LogP) is 4.29. The molecule has 0 saturated carbocycles. The first-order valence-corrected chi connectivity index (χ1v) is 13.2. The van der Waals surface area contributed by atoms with E-state index in [9.17, 15) is 27.6 Å². The minimum Gasteiger partial charge on any atom is -0.463 e. The van der Waals surface area contributed by atoms with Crippen molar-refractivity contribution in [3.63, 3.8) is 0 Å². The molecule has 40 heavy (non-hydrogen) atoms. The molecule has 220 valence electrons. The number of ether oxygens (including phenoxy) is 1. The molecule has 0 aromatic heterocycles. The average Bonchev–Trinajstić information content (AvgIpc) is 2.84. The summed E-state index contributed by atoms with van der Waals surface area (Å²) < 4.78 is 44.9. The van der Waals surface area contributed by atoms with E-state index >= 15 is 0 Å². The number of rotatable bonds is 7. The van der Waals surface area contributed by atoms with E-state index in [1.807, 2.05) is 32.6 Å². The Hall–Kier alpha value is -3.54. The van der Waals surface area contributed by atoms with Gasteiger partial charge in [0.1, 0.15) is 0 Å². The Balaban J connectivity index is 1.98. The molecule has 1 aromatic carbocycles. The van der Waals surface area contributed by atoms with Gasteiger partial charge in [0.05, 0.1) is 23.8 Å². The van der Waals surface area contributed by atoms with E-state index in [4.69, 9.17) is 4.74 Å². The third-order valence-electron chi connectivity index (χ3n) is 6.64. The second-order valence-electron chi connectivity index (χ2n) is 10.9. The molecule has 2 aliphatic heterocycles. The van der Waals surface area contributed by atoms with Gasteiger partial charge in [-0.3, -0.25) is 9.80 Å². The van der Waals surface area contributed by atoms with Crippen molar-refractivity contribution in [3.8, 4) is 0 Å². The summed E-state index contributed by atoms with van der Waals surface area (Å²) in [7, 11) is 0. The fourth-order valence-corrected chi connectivity index (χ4v) is 4.84. The number of nitrogens with zero attached hydrogens (tertiary/aromatic N) is 3. The number of urea groups is 2. The fourth-order valence-electron chi connectivity index (χ4n) is 4.84. The molecule has 2 N–H and O–H groups in total. The minimum atomic E-state index is -4.53. The quantitative estimate of drug-likeness (QED) is 0.380. The van der Waals surface area contributed by atoms with Crippen molar-refractivity contribution in [2.45, 2.75) is 58.4 Å². The monoisotopic (exact) mass is 565 g/mol. The van der Waals surface area contributed by atoms with E-state index in [0.29, 0.717) is 30.9 Å². The number of hydrogen-bond acceptors (Lipinski definition) is 5. The van der Waals surface area contributed by atoms with Crippen molar-refractivity contribution < 1.29 is 32.3 Å². The summed E-state index contributed by atoms with van der Waals surface area (Å²) in [5.41, 5.74) is -0.384. The standard InChI is InChI=1S/C28H38F3N5O4/c1-7-13-36-21(17-34-14-15-35(18(3)16-34)26(39)33-27(4,5)6)22(24(37)40-8-2)23(32-25(36)38)19-9-11-20(12-10-19)28(29,30)31/h7,9-12,18,23H,1,8,13-17H2,2-6H3,(H,32,38)(H,33,39)/t18-,23-/m0/s1. The van der Waals surface area contributed by atoms with Gasteiger partial charge in [0.2, 0.25) is 0 Å². The van der Waals surface area contributed by atoms with Crippen LogP contribution in [0.15, 0.2) is 48.2 Å². The van der Waals surface area contributed by atoms with E-state index in [1.165, 1.54) is 23.1 Å². The Morgan fingerprint density at radius 3 is 2.35 bits per heavy atom. The molecule has 12 heteroatoms. The number of piperazine rings is 1. The Morgan fingerprint density at radius 2 is 1.82 bits per heavy atom. The first kappa shape index (κ1) is 31.0. The third-order valence-corrected chi connectivity index (χ3v) is 6.64. The zero-order valence-corrected chi connectivity index (χ0v) is 23.6. The van der Waals surface area contributed by atoms with Gasteiger partial charge in [-0.2, -0.15) is 13.2 Å². The fraction of sp³-hybridized carbons (Fsp3) is 0.536. The van der Waals surface area contributed by atoms with Crippen LogP contribution >= 0.6 is 0 Å². The van der Waals surface area contributed by atoms with Crippen molar-refractivity contribution in [2.75, 3.05) is 39.3 Å². The molecule has 0 bridgehead atoms. The SMILES string of the molecule is C=CCN1C(=O)N[C@@H](c2ccc(C(F)(F)F)cc2)C(C(=O)OCC)=C1CN1CCN(C(=O)NC(C)(C)C)[C@@H](C)C1. The van der Waals surface area contributed by atoms with Crippen LogP contribution < -0.4 is 10.6 Å². The van der Waals surface area contributed by atoms with Crippen LogP contribution in [0.5, 0.6) is 0 Å². The van der Waals surface area contributed by atoms with Crippen molar-refractivity contribution in [1.82, 2.24) is 25.3 Å². The normalized spacial score (nSPS) is 20.8. The lowest BCUT2D eigenvalue weighted by Crippen LogP contribution is -2.59. The number of alkyl halides is 3. The molecule has 1 saturated heterocycles. The highest BCUT2D eigenvalue weighted by molar-refractivity contribution is 5.95. The van der Waals surface area contributed by atoms with Crippen LogP contribution in [0.25, 0.3) is 0 Å². The Morgan fingerprint density at radius 1 is 1.18 bits per heavy atom. The molecule has 1 fully saturated rings. The van der Waals surface area contributed by atoms with Gasteiger partial charge in [0.15, 0.2) is 0 Å². The van der Waals surface area contributed by atoms with E-state index < -0.39 is 29.8 Å². The molecular formula is C28H38F3N5O4. The molecule has 2 aliphatic rings. The first-order chi connectivity index (χ1) is 18.7. The van der Waals surface area contributed by atoms with E-state index in [2.05, 4.69) is 17.2 Å². The van der Waals surface area contributed by atoms with Crippen LogP contribution in [0.2, 0.25) is 0 Å². The topological polar surface area (TPSA) is 94.2 Å². The third kappa shape index (κ3) is 7.35. The van der Waals surface area contributed by atoms with Gasteiger partial charge in [-0.1, -0.05) is 18.2 Å². The van der Waals surface area contributed by atoms with Gasteiger partial charge in [-0.05, 0) is 52.3 Å². The van der Waals surface area contributed by atoms with Crippen molar-refractivity contribution in [3.05, 3.63) is 59.3 Å². The average molecular weight is 566 g/mol. The number of halogens is 3. The maximum Gasteiger partial charge on any atom is 0.416 e. The molecular weight excluding hydrogens is 527 g/mol. The highest BCUT2D eigenvalue weighted by Gasteiger charge is 2.40. The van der Waals surface area contributed by atoms with Crippen LogP contribution in [-0.4, -0.2) is 83.6 Å². The molecule has 0 radical (unpaired) electrons. The maximum atomic E-state index is 13.3. The lowest BCUT2D eigenvalue weighted by atomic mass is 9.93.